The van der Waals surface area contributed by atoms with Crippen molar-refractivity contribution in [2.24, 2.45) is 16.3 Å². The Morgan fingerprint density at radius 1 is 1.42 bits per heavy atom. The van der Waals surface area contributed by atoms with E-state index >= 15 is 0 Å². The van der Waals surface area contributed by atoms with Crippen LogP contribution in [0.1, 0.15) is 19.3 Å². The molecule has 1 rings (SSSR count). The molecule has 12 heavy (non-hydrogen) atoms. The summed E-state index contributed by atoms with van der Waals surface area (Å²) in [6.07, 6.45) is 4.82. The zero-order valence-corrected chi connectivity index (χ0v) is 6.90. The lowest BCUT2D eigenvalue weighted by atomic mass is 9.89. The predicted molar refractivity (Wildman–Crippen MR) is 46.7 cm³/mol. The average molecular weight is 168 g/mol. The maximum absolute atomic E-state index is 9.98. The minimum atomic E-state index is 0.273. The van der Waals surface area contributed by atoms with Crippen LogP contribution in [0.15, 0.2) is 22.0 Å². The highest BCUT2D eigenvalue weighted by molar-refractivity contribution is 5.08. The van der Waals surface area contributed by atoms with E-state index in [1.807, 2.05) is 6.08 Å². The standard InChI is InChI=1S/C8H12N2O2/c11-9-5-7-2-1-3-8(4-7)6-10-12/h2,8H,1,3-6H2. The second-order valence-corrected chi connectivity index (χ2v) is 3.11. The molecule has 1 aliphatic rings. The lowest BCUT2D eigenvalue weighted by Gasteiger charge is -2.18. The Morgan fingerprint density at radius 3 is 2.92 bits per heavy atom. The van der Waals surface area contributed by atoms with Crippen LogP contribution >= 0.6 is 0 Å². The van der Waals surface area contributed by atoms with Crippen LogP contribution in [0.2, 0.25) is 0 Å². The van der Waals surface area contributed by atoms with Gasteiger partial charge in [-0.3, -0.25) is 0 Å². The Bertz CT molecular complexity index is 201. The van der Waals surface area contributed by atoms with Gasteiger partial charge in [-0.1, -0.05) is 16.4 Å². The molecule has 0 fully saturated rings. The molecular formula is C8H12N2O2. The average Bonchev–Trinajstić information content (AvgIpc) is 2.06. The summed E-state index contributed by atoms with van der Waals surface area (Å²) in [5, 5.41) is 5.69. The number of rotatable bonds is 4. The summed E-state index contributed by atoms with van der Waals surface area (Å²) in [5.41, 5.74) is 1.06. The highest BCUT2D eigenvalue weighted by atomic mass is 16.3. The van der Waals surface area contributed by atoms with Gasteiger partial charge in [-0.2, -0.15) is 9.81 Å². The molecule has 1 atom stereocenters. The fourth-order valence-corrected chi connectivity index (χ4v) is 1.55. The van der Waals surface area contributed by atoms with Crippen LogP contribution in [0, 0.1) is 15.7 Å². The first-order chi connectivity index (χ1) is 5.86. The maximum atomic E-state index is 9.98. The molecule has 1 unspecified atom stereocenters. The minimum Gasteiger partial charge on any atom is -0.151 e. The first kappa shape index (κ1) is 9.03. The Kier molecular flexibility index (Phi) is 3.57. The highest BCUT2D eigenvalue weighted by Crippen LogP contribution is 2.24. The quantitative estimate of drug-likeness (QED) is 0.477. The molecule has 4 nitrogen and oxygen atoms in total. The molecule has 66 valence electrons. The molecule has 0 radical (unpaired) electrons. The van der Waals surface area contributed by atoms with Gasteiger partial charge in [0.05, 0.1) is 6.54 Å². The summed E-state index contributed by atoms with van der Waals surface area (Å²) >= 11 is 0. The van der Waals surface area contributed by atoms with Crippen molar-refractivity contribution in [1.82, 2.24) is 0 Å². The minimum absolute atomic E-state index is 0.273. The second-order valence-electron chi connectivity index (χ2n) is 3.11. The van der Waals surface area contributed by atoms with Crippen LogP contribution in [-0.4, -0.2) is 13.1 Å². The molecule has 1 aliphatic carbocycles. The van der Waals surface area contributed by atoms with Gasteiger partial charge < -0.3 is 0 Å². The van der Waals surface area contributed by atoms with Crippen LogP contribution in [0.3, 0.4) is 0 Å². The second kappa shape index (κ2) is 4.74. The molecular weight excluding hydrogens is 156 g/mol. The van der Waals surface area contributed by atoms with Crippen molar-refractivity contribution in [3.05, 3.63) is 21.5 Å². The zero-order valence-electron chi connectivity index (χ0n) is 6.90. The Labute approximate surface area is 71.0 Å². The highest BCUT2D eigenvalue weighted by Gasteiger charge is 2.15. The van der Waals surface area contributed by atoms with Crippen molar-refractivity contribution in [3.8, 4) is 0 Å². The maximum Gasteiger partial charge on any atom is 0.102 e. The van der Waals surface area contributed by atoms with E-state index < -0.39 is 0 Å². The van der Waals surface area contributed by atoms with Crippen LogP contribution in [0.25, 0.3) is 0 Å². The Hall–Kier alpha value is -1.06. The number of allylic oxidation sites excluding steroid dienone is 1. The van der Waals surface area contributed by atoms with E-state index in [1.165, 1.54) is 0 Å². The van der Waals surface area contributed by atoms with Crippen LogP contribution in [-0.2, 0) is 0 Å². The van der Waals surface area contributed by atoms with Gasteiger partial charge in [0, 0.05) is 0 Å². The molecule has 0 amide bonds. The van der Waals surface area contributed by atoms with Gasteiger partial charge in [0.25, 0.3) is 0 Å². The monoisotopic (exact) mass is 168 g/mol. The summed E-state index contributed by atoms with van der Waals surface area (Å²) in [6, 6.07) is 0. The van der Waals surface area contributed by atoms with Gasteiger partial charge in [0.2, 0.25) is 0 Å². The third-order valence-electron chi connectivity index (χ3n) is 2.16. The lowest BCUT2D eigenvalue weighted by Crippen LogP contribution is -2.10. The Balaban J connectivity index is 2.41. The van der Waals surface area contributed by atoms with Gasteiger partial charge in [0.15, 0.2) is 0 Å². The summed E-state index contributed by atoms with van der Waals surface area (Å²) in [7, 11) is 0. The van der Waals surface area contributed by atoms with Crippen LogP contribution < -0.4 is 0 Å². The predicted octanol–water partition coefficient (Wildman–Crippen LogP) is 2.25. The summed E-state index contributed by atoms with van der Waals surface area (Å²) in [4.78, 5) is 19.9. The van der Waals surface area contributed by atoms with E-state index in [1.54, 1.807) is 0 Å². The summed E-state index contributed by atoms with van der Waals surface area (Å²) in [6.45, 7) is 0.644. The third kappa shape index (κ3) is 2.53. The van der Waals surface area contributed by atoms with E-state index in [0.717, 1.165) is 24.8 Å². The van der Waals surface area contributed by atoms with Gasteiger partial charge in [-0.15, -0.1) is 0 Å². The molecule has 0 spiro atoms. The van der Waals surface area contributed by atoms with Gasteiger partial charge in [-0.25, -0.2) is 0 Å². The first-order valence-electron chi connectivity index (χ1n) is 4.13. The van der Waals surface area contributed by atoms with E-state index in [0.29, 0.717) is 12.5 Å². The fourth-order valence-electron chi connectivity index (χ4n) is 1.55. The van der Waals surface area contributed by atoms with E-state index in [2.05, 4.69) is 10.4 Å². The number of nitroso groups, excluding NO2 is 2. The van der Waals surface area contributed by atoms with Crippen molar-refractivity contribution >= 4 is 0 Å². The molecule has 0 aromatic heterocycles. The molecule has 0 aromatic carbocycles. The normalized spacial score (nSPS) is 23.0. The summed E-state index contributed by atoms with van der Waals surface area (Å²) < 4.78 is 0. The van der Waals surface area contributed by atoms with Crippen molar-refractivity contribution in [3.63, 3.8) is 0 Å². The van der Waals surface area contributed by atoms with E-state index in [4.69, 9.17) is 0 Å². The van der Waals surface area contributed by atoms with Gasteiger partial charge in [0.1, 0.15) is 6.54 Å². The molecule has 0 saturated heterocycles. The number of nitrogens with zero attached hydrogens (tertiary/aromatic N) is 2. The molecule has 0 bridgehead atoms. The topological polar surface area (TPSA) is 58.9 Å². The smallest absolute Gasteiger partial charge is 0.102 e. The molecule has 0 heterocycles. The van der Waals surface area contributed by atoms with Crippen LogP contribution in [0.4, 0.5) is 0 Å². The van der Waals surface area contributed by atoms with Gasteiger partial charge >= 0.3 is 0 Å². The summed E-state index contributed by atoms with van der Waals surface area (Å²) in [5.74, 6) is 0.337. The largest absolute Gasteiger partial charge is 0.151 e. The SMILES string of the molecule is O=NCC1=CCCC(CN=O)C1. The van der Waals surface area contributed by atoms with Crippen LogP contribution in [0.5, 0.6) is 0 Å². The van der Waals surface area contributed by atoms with Gasteiger partial charge in [-0.05, 0) is 30.8 Å². The molecule has 0 aromatic rings. The van der Waals surface area contributed by atoms with E-state index in [-0.39, 0.29) is 6.54 Å². The third-order valence-corrected chi connectivity index (χ3v) is 2.16. The number of hydrogen-bond acceptors (Lipinski definition) is 4. The lowest BCUT2D eigenvalue weighted by molar-refractivity contribution is 0.473. The molecule has 0 saturated carbocycles. The molecule has 0 N–H and O–H groups in total. The molecule has 4 heteroatoms. The van der Waals surface area contributed by atoms with Crippen molar-refractivity contribution in [2.75, 3.05) is 13.1 Å². The Morgan fingerprint density at radius 2 is 2.25 bits per heavy atom. The first-order valence-corrected chi connectivity index (χ1v) is 4.13. The molecule has 0 aliphatic heterocycles. The van der Waals surface area contributed by atoms with Crippen molar-refractivity contribution in [2.45, 2.75) is 19.3 Å². The van der Waals surface area contributed by atoms with Crippen molar-refractivity contribution in [1.29, 1.82) is 0 Å². The fraction of sp³-hybridized carbons (Fsp3) is 0.750. The number of hydrogen-bond donors (Lipinski definition) is 0. The van der Waals surface area contributed by atoms with Crippen molar-refractivity contribution < 1.29 is 0 Å². The van der Waals surface area contributed by atoms with E-state index in [9.17, 15) is 9.81 Å². The zero-order chi connectivity index (χ0) is 8.81.